The molecule has 0 spiro atoms. The largest absolute Gasteiger partial charge is 0.454 e. The van der Waals surface area contributed by atoms with E-state index < -0.39 is 0 Å². The third kappa shape index (κ3) is 4.66. The first kappa shape index (κ1) is 21.9. The summed E-state index contributed by atoms with van der Waals surface area (Å²) in [4.78, 5) is 11.2. The maximum Gasteiger partial charge on any atom is 0.231 e. The molecular weight excluding hydrogens is 442 g/mol. The zero-order valence-electron chi connectivity index (χ0n) is 19.7. The van der Waals surface area contributed by atoms with E-state index in [9.17, 15) is 4.79 Å². The van der Waals surface area contributed by atoms with E-state index in [0.29, 0.717) is 30.7 Å². The van der Waals surface area contributed by atoms with Gasteiger partial charge in [-0.2, -0.15) is 0 Å². The van der Waals surface area contributed by atoms with Crippen LogP contribution in [0.3, 0.4) is 0 Å². The number of nitrogens with one attached hydrogen (secondary N) is 3. The minimum absolute atomic E-state index is 0.0842. The number of anilines is 2. The SMILES string of the molecule is CC(=O)Nc1ccc(-c2ccc(N[C@H]3C[C@@H]4CN[C@@H](Cc5ccc6c(c5)OCO6)[C@H]4C3)nn2)cc1. The predicted octanol–water partition coefficient (Wildman–Crippen LogP) is 3.85. The summed E-state index contributed by atoms with van der Waals surface area (Å²) in [6, 6.07) is 18.8. The quantitative estimate of drug-likeness (QED) is 0.502. The second kappa shape index (κ2) is 9.19. The Labute approximate surface area is 204 Å². The summed E-state index contributed by atoms with van der Waals surface area (Å²) in [7, 11) is 0. The monoisotopic (exact) mass is 471 g/mol. The number of nitrogens with zero attached hydrogens (tertiary/aromatic N) is 2. The molecule has 3 N–H and O–H groups in total. The average Bonchev–Trinajstić information content (AvgIpc) is 3.57. The topological polar surface area (TPSA) is 97.4 Å². The fourth-order valence-corrected chi connectivity index (χ4v) is 5.70. The molecule has 2 aromatic carbocycles. The number of fused-ring (bicyclic) bond motifs is 2. The number of amides is 1. The van der Waals surface area contributed by atoms with E-state index in [4.69, 9.17) is 9.47 Å². The maximum absolute atomic E-state index is 11.2. The Balaban J connectivity index is 1.06. The Kier molecular flexibility index (Phi) is 5.74. The molecular formula is C27H29N5O3. The van der Waals surface area contributed by atoms with Gasteiger partial charge in [-0.1, -0.05) is 18.2 Å². The number of hydrogen-bond acceptors (Lipinski definition) is 7. The van der Waals surface area contributed by atoms with Crippen molar-refractivity contribution in [3.8, 4) is 22.8 Å². The molecule has 0 radical (unpaired) electrons. The van der Waals surface area contributed by atoms with Crippen molar-refractivity contribution in [1.82, 2.24) is 15.5 Å². The molecule has 0 unspecified atom stereocenters. The molecule has 1 amide bonds. The molecule has 4 atom stereocenters. The second-order valence-corrected chi connectivity index (χ2v) is 9.71. The molecule has 3 heterocycles. The number of ether oxygens (including phenoxy) is 2. The van der Waals surface area contributed by atoms with Crippen molar-refractivity contribution in [3.05, 3.63) is 60.2 Å². The van der Waals surface area contributed by atoms with Crippen molar-refractivity contribution >= 4 is 17.4 Å². The highest BCUT2D eigenvalue weighted by molar-refractivity contribution is 5.88. The van der Waals surface area contributed by atoms with Crippen molar-refractivity contribution in [2.45, 2.75) is 38.3 Å². The molecule has 3 aromatic rings. The van der Waals surface area contributed by atoms with Crippen molar-refractivity contribution in [1.29, 1.82) is 0 Å². The van der Waals surface area contributed by atoms with E-state index in [1.54, 1.807) is 0 Å². The number of carbonyl (C=O) groups is 1. The molecule has 8 heteroatoms. The number of hydrogen-bond donors (Lipinski definition) is 3. The van der Waals surface area contributed by atoms with Gasteiger partial charge in [0.25, 0.3) is 0 Å². The Morgan fingerprint density at radius 3 is 2.69 bits per heavy atom. The van der Waals surface area contributed by atoms with Gasteiger partial charge in [0.15, 0.2) is 11.5 Å². The Bertz CT molecular complexity index is 1210. The van der Waals surface area contributed by atoms with Gasteiger partial charge in [-0.15, -0.1) is 10.2 Å². The van der Waals surface area contributed by atoms with Crippen LogP contribution in [0.15, 0.2) is 54.6 Å². The van der Waals surface area contributed by atoms with Crippen LogP contribution in [0.5, 0.6) is 11.5 Å². The van der Waals surface area contributed by atoms with Crippen molar-refractivity contribution in [2.24, 2.45) is 11.8 Å². The zero-order valence-corrected chi connectivity index (χ0v) is 19.7. The Hall–Kier alpha value is -3.65. The summed E-state index contributed by atoms with van der Waals surface area (Å²) in [6.45, 7) is 2.88. The molecule has 6 rings (SSSR count). The van der Waals surface area contributed by atoms with Crippen molar-refractivity contribution < 1.29 is 14.3 Å². The third-order valence-corrected chi connectivity index (χ3v) is 7.32. The van der Waals surface area contributed by atoms with Crippen LogP contribution in [0.1, 0.15) is 25.3 Å². The van der Waals surface area contributed by atoms with E-state index in [1.165, 1.54) is 12.5 Å². The highest BCUT2D eigenvalue weighted by Crippen LogP contribution is 2.41. The smallest absolute Gasteiger partial charge is 0.231 e. The van der Waals surface area contributed by atoms with E-state index in [1.807, 2.05) is 42.5 Å². The predicted molar refractivity (Wildman–Crippen MR) is 133 cm³/mol. The average molecular weight is 472 g/mol. The van der Waals surface area contributed by atoms with Crippen LogP contribution in [0, 0.1) is 11.8 Å². The van der Waals surface area contributed by atoms with Crippen LogP contribution in [0.4, 0.5) is 11.5 Å². The van der Waals surface area contributed by atoms with Gasteiger partial charge in [0, 0.05) is 30.3 Å². The van der Waals surface area contributed by atoms with Gasteiger partial charge in [-0.05, 0) is 79.6 Å². The van der Waals surface area contributed by atoms with E-state index in [2.05, 4.69) is 38.3 Å². The van der Waals surface area contributed by atoms with Crippen LogP contribution < -0.4 is 25.4 Å². The summed E-state index contributed by atoms with van der Waals surface area (Å²) in [5.74, 6) is 3.75. The molecule has 1 aliphatic carbocycles. The van der Waals surface area contributed by atoms with Gasteiger partial charge in [0.05, 0.1) is 5.69 Å². The minimum atomic E-state index is -0.0842. The normalized spacial score (nSPS) is 24.3. The molecule has 1 saturated heterocycles. The lowest BCUT2D eigenvalue weighted by Gasteiger charge is -2.20. The van der Waals surface area contributed by atoms with Crippen LogP contribution >= 0.6 is 0 Å². The van der Waals surface area contributed by atoms with Gasteiger partial charge < -0.3 is 25.4 Å². The number of carbonyl (C=O) groups excluding carboxylic acids is 1. The van der Waals surface area contributed by atoms with E-state index in [-0.39, 0.29) is 5.91 Å². The first-order chi connectivity index (χ1) is 17.1. The summed E-state index contributed by atoms with van der Waals surface area (Å²) in [5, 5.41) is 19.0. The second-order valence-electron chi connectivity index (χ2n) is 9.71. The fourth-order valence-electron chi connectivity index (χ4n) is 5.70. The Morgan fingerprint density at radius 1 is 1.03 bits per heavy atom. The van der Waals surface area contributed by atoms with Crippen LogP contribution in [-0.4, -0.2) is 41.5 Å². The molecule has 1 saturated carbocycles. The van der Waals surface area contributed by atoms with Crippen LogP contribution in [-0.2, 0) is 11.2 Å². The molecule has 180 valence electrons. The summed E-state index contributed by atoms with van der Waals surface area (Å²) in [6.07, 6.45) is 3.27. The zero-order chi connectivity index (χ0) is 23.8. The van der Waals surface area contributed by atoms with Gasteiger partial charge in [-0.25, -0.2) is 0 Å². The van der Waals surface area contributed by atoms with Crippen molar-refractivity contribution in [2.75, 3.05) is 24.0 Å². The van der Waals surface area contributed by atoms with Crippen LogP contribution in [0.2, 0.25) is 0 Å². The first-order valence-electron chi connectivity index (χ1n) is 12.2. The van der Waals surface area contributed by atoms with Gasteiger partial charge >= 0.3 is 0 Å². The lowest BCUT2D eigenvalue weighted by atomic mass is 9.90. The highest BCUT2D eigenvalue weighted by atomic mass is 16.7. The maximum atomic E-state index is 11.2. The molecule has 3 aliphatic rings. The lowest BCUT2D eigenvalue weighted by Crippen LogP contribution is -2.31. The van der Waals surface area contributed by atoms with Gasteiger partial charge in [0.1, 0.15) is 5.82 Å². The van der Waals surface area contributed by atoms with Crippen LogP contribution in [0.25, 0.3) is 11.3 Å². The third-order valence-electron chi connectivity index (χ3n) is 7.32. The summed E-state index contributed by atoms with van der Waals surface area (Å²) in [5.41, 5.74) is 3.83. The number of rotatable bonds is 6. The van der Waals surface area contributed by atoms with Gasteiger partial charge in [0.2, 0.25) is 12.7 Å². The summed E-state index contributed by atoms with van der Waals surface area (Å²) < 4.78 is 11.0. The summed E-state index contributed by atoms with van der Waals surface area (Å²) >= 11 is 0. The molecule has 0 bridgehead atoms. The van der Waals surface area contributed by atoms with Gasteiger partial charge in [-0.3, -0.25) is 4.79 Å². The molecule has 2 aliphatic heterocycles. The van der Waals surface area contributed by atoms with Crippen molar-refractivity contribution in [3.63, 3.8) is 0 Å². The number of aromatic nitrogens is 2. The minimum Gasteiger partial charge on any atom is -0.454 e. The molecule has 35 heavy (non-hydrogen) atoms. The standard InChI is InChI=1S/C27H29N5O3/c1-16(33)29-20-5-3-18(4-6-20)23-7-9-27(32-31-23)30-21-12-19-14-28-24(22(19)13-21)10-17-2-8-25-26(11-17)35-15-34-25/h2-9,11,19,21-22,24,28H,10,12-15H2,1H3,(H,29,33)(H,30,32)/t19-,21+,22+,24+/m1/s1. The van der Waals surface area contributed by atoms with E-state index in [0.717, 1.165) is 60.1 Å². The highest BCUT2D eigenvalue weighted by Gasteiger charge is 2.43. The lowest BCUT2D eigenvalue weighted by molar-refractivity contribution is -0.114. The number of benzene rings is 2. The molecule has 2 fully saturated rings. The fraction of sp³-hybridized carbons (Fsp3) is 0.370. The first-order valence-corrected chi connectivity index (χ1v) is 12.2. The molecule has 1 aromatic heterocycles. The Morgan fingerprint density at radius 2 is 1.89 bits per heavy atom. The van der Waals surface area contributed by atoms with E-state index >= 15 is 0 Å². The molecule has 8 nitrogen and oxygen atoms in total.